The molecule has 0 aliphatic rings. The van der Waals surface area contributed by atoms with Crippen LogP contribution < -0.4 is 5.73 Å². The molecule has 0 fully saturated rings. The van der Waals surface area contributed by atoms with Crippen LogP contribution in [0.25, 0.3) is 0 Å². The van der Waals surface area contributed by atoms with Gasteiger partial charge in [-0.3, -0.25) is 4.79 Å². The molecule has 0 spiro atoms. The number of carbonyl (C=O) groups is 1. The van der Waals surface area contributed by atoms with Crippen LogP contribution in [0.15, 0.2) is 35.0 Å². The maximum absolute atomic E-state index is 12.0. The third-order valence-electron chi connectivity index (χ3n) is 2.53. The summed E-state index contributed by atoms with van der Waals surface area (Å²) in [5.41, 5.74) is 7.97. The van der Waals surface area contributed by atoms with E-state index in [-0.39, 0.29) is 5.78 Å². The van der Waals surface area contributed by atoms with Gasteiger partial charge in [0, 0.05) is 22.7 Å². The first-order valence-corrected chi connectivity index (χ1v) is 6.58. The number of carbonyl (C=O) groups excluding carboxylic acids is 1. The molecule has 2 N–H and O–H groups in total. The molecule has 0 saturated heterocycles. The van der Waals surface area contributed by atoms with Gasteiger partial charge in [0.15, 0.2) is 5.78 Å². The fourth-order valence-corrected chi connectivity index (χ4v) is 2.50. The third-order valence-corrected chi connectivity index (χ3v) is 3.50. The highest BCUT2D eigenvalue weighted by Crippen LogP contribution is 2.20. The second kappa shape index (κ2) is 5.34. The summed E-state index contributed by atoms with van der Waals surface area (Å²) in [6.45, 7) is 0. The molecule has 0 radical (unpaired) electrons. The quantitative estimate of drug-likeness (QED) is 0.675. The molecule has 0 bridgehead atoms. The summed E-state index contributed by atoms with van der Waals surface area (Å²) in [4.78, 5) is 12.0. The van der Waals surface area contributed by atoms with Crippen molar-refractivity contribution >= 4 is 34.4 Å². The Hall–Kier alpha value is -1.32. The molecular formula is C13H12ClNOS. The zero-order valence-corrected chi connectivity index (χ0v) is 10.7. The largest absolute Gasteiger partial charge is 0.398 e. The normalized spacial score (nSPS) is 10.4. The van der Waals surface area contributed by atoms with Crippen LogP contribution in [0.5, 0.6) is 0 Å². The van der Waals surface area contributed by atoms with Crippen molar-refractivity contribution < 1.29 is 4.79 Å². The van der Waals surface area contributed by atoms with E-state index in [0.29, 0.717) is 22.7 Å². The number of ketones is 1. The van der Waals surface area contributed by atoms with Gasteiger partial charge in [0.1, 0.15) is 0 Å². The Morgan fingerprint density at radius 3 is 2.82 bits per heavy atom. The number of benzene rings is 1. The van der Waals surface area contributed by atoms with Crippen LogP contribution in [0, 0.1) is 0 Å². The van der Waals surface area contributed by atoms with Gasteiger partial charge in [0.2, 0.25) is 0 Å². The number of anilines is 1. The van der Waals surface area contributed by atoms with Crippen molar-refractivity contribution in [2.45, 2.75) is 12.8 Å². The number of nitrogen functional groups attached to an aromatic ring is 1. The number of Topliss-reactive ketones (excluding diaryl/α,β-unsaturated/α-hetero) is 1. The molecule has 2 aromatic rings. The van der Waals surface area contributed by atoms with Crippen molar-refractivity contribution in [1.82, 2.24) is 0 Å². The highest BCUT2D eigenvalue weighted by Gasteiger charge is 2.10. The fraction of sp³-hybridized carbons (Fsp3) is 0.154. The second-order valence-corrected chi connectivity index (χ2v) is 5.00. The average Bonchev–Trinajstić information content (AvgIpc) is 2.78. The summed E-state index contributed by atoms with van der Waals surface area (Å²) in [5, 5.41) is 4.62. The molecule has 0 aliphatic heterocycles. The molecule has 2 rings (SSSR count). The van der Waals surface area contributed by atoms with E-state index in [9.17, 15) is 4.79 Å². The summed E-state index contributed by atoms with van der Waals surface area (Å²) in [7, 11) is 0. The lowest BCUT2D eigenvalue weighted by molar-refractivity contribution is 0.0983. The number of halogens is 1. The summed E-state index contributed by atoms with van der Waals surface area (Å²) in [6.07, 6.45) is 1.23. The van der Waals surface area contributed by atoms with Crippen molar-refractivity contribution in [1.29, 1.82) is 0 Å². The van der Waals surface area contributed by atoms with Gasteiger partial charge < -0.3 is 5.73 Å². The molecule has 88 valence electrons. The molecule has 1 aromatic carbocycles. The topological polar surface area (TPSA) is 43.1 Å². The molecular weight excluding hydrogens is 254 g/mol. The fourth-order valence-electron chi connectivity index (χ4n) is 1.61. The van der Waals surface area contributed by atoms with Crippen LogP contribution in [0.1, 0.15) is 22.3 Å². The first-order valence-electron chi connectivity index (χ1n) is 5.26. The Balaban J connectivity index is 2.04. The predicted molar refractivity (Wildman–Crippen MR) is 72.8 cm³/mol. The van der Waals surface area contributed by atoms with Crippen LogP contribution in [-0.4, -0.2) is 5.78 Å². The summed E-state index contributed by atoms with van der Waals surface area (Å²) >= 11 is 7.43. The van der Waals surface area contributed by atoms with Gasteiger partial charge in [-0.2, -0.15) is 11.3 Å². The maximum atomic E-state index is 12.0. The highest BCUT2D eigenvalue weighted by molar-refractivity contribution is 7.07. The minimum Gasteiger partial charge on any atom is -0.398 e. The highest BCUT2D eigenvalue weighted by atomic mass is 35.5. The minimum absolute atomic E-state index is 0.0605. The van der Waals surface area contributed by atoms with E-state index in [1.54, 1.807) is 29.5 Å². The van der Waals surface area contributed by atoms with Crippen molar-refractivity contribution in [3.8, 4) is 0 Å². The number of thiophene rings is 1. The number of nitrogens with two attached hydrogens (primary N) is 1. The molecule has 0 amide bonds. The van der Waals surface area contributed by atoms with Gasteiger partial charge in [0.05, 0.1) is 0 Å². The van der Waals surface area contributed by atoms with Gasteiger partial charge in [-0.15, -0.1) is 0 Å². The van der Waals surface area contributed by atoms with Crippen molar-refractivity contribution in [3.63, 3.8) is 0 Å². The lowest BCUT2D eigenvalue weighted by Gasteiger charge is -2.04. The first kappa shape index (κ1) is 12.1. The zero-order valence-electron chi connectivity index (χ0n) is 9.15. The molecule has 0 atom stereocenters. The standard InChI is InChI=1S/C13H12ClNOS/c14-10-2-3-11(12(15)7-10)13(16)4-1-9-5-6-17-8-9/h2-3,5-8H,1,4,15H2. The monoisotopic (exact) mass is 265 g/mol. The Bertz CT molecular complexity index is 522. The summed E-state index contributed by atoms with van der Waals surface area (Å²) in [5.74, 6) is 0.0605. The Kier molecular flexibility index (Phi) is 3.82. The predicted octanol–water partition coefficient (Wildman–Crippen LogP) is 3.80. The zero-order chi connectivity index (χ0) is 12.3. The van der Waals surface area contributed by atoms with E-state index in [4.69, 9.17) is 17.3 Å². The summed E-state index contributed by atoms with van der Waals surface area (Å²) < 4.78 is 0. The third kappa shape index (κ3) is 3.08. The van der Waals surface area contributed by atoms with E-state index < -0.39 is 0 Å². The second-order valence-electron chi connectivity index (χ2n) is 3.79. The lowest BCUT2D eigenvalue weighted by Crippen LogP contribution is -2.04. The van der Waals surface area contributed by atoms with Crippen LogP contribution in [0.4, 0.5) is 5.69 Å². The van der Waals surface area contributed by atoms with Gasteiger partial charge in [0.25, 0.3) is 0 Å². The molecule has 0 aliphatic carbocycles. The Morgan fingerprint density at radius 2 is 2.18 bits per heavy atom. The SMILES string of the molecule is Nc1cc(Cl)ccc1C(=O)CCc1ccsc1. The van der Waals surface area contributed by atoms with Gasteiger partial charge in [-0.05, 0) is 47.0 Å². The van der Waals surface area contributed by atoms with Crippen molar-refractivity contribution in [2.24, 2.45) is 0 Å². The molecule has 0 saturated carbocycles. The molecule has 1 aromatic heterocycles. The molecule has 17 heavy (non-hydrogen) atoms. The van der Waals surface area contributed by atoms with Crippen LogP contribution in [0.2, 0.25) is 5.02 Å². The van der Waals surface area contributed by atoms with Gasteiger partial charge in [-0.25, -0.2) is 0 Å². The van der Waals surface area contributed by atoms with Crippen molar-refractivity contribution in [3.05, 3.63) is 51.2 Å². The van der Waals surface area contributed by atoms with Crippen LogP contribution >= 0.6 is 22.9 Å². The Labute approximate surface area is 109 Å². The average molecular weight is 266 g/mol. The number of aryl methyl sites for hydroxylation is 1. The smallest absolute Gasteiger partial charge is 0.165 e. The van der Waals surface area contributed by atoms with Gasteiger partial charge in [-0.1, -0.05) is 11.6 Å². The van der Waals surface area contributed by atoms with E-state index in [1.807, 2.05) is 11.4 Å². The van der Waals surface area contributed by atoms with Crippen LogP contribution in [0.3, 0.4) is 0 Å². The van der Waals surface area contributed by atoms with E-state index in [2.05, 4.69) is 5.38 Å². The van der Waals surface area contributed by atoms with Gasteiger partial charge >= 0.3 is 0 Å². The van der Waals surface area contributed by atoms with Crippen molar-refractivity contribution in [2.75, 3.05) is 5.73 Å². The van der Waals surface area contributed by atoms with E-state index in [0.717, 1.165) is 6.42 Å². The lowest BCUT2D eigenvalue weighted by atomic mass is 10.0. The van der Waals surface area contributed by atoms with E-state index >= 15 is 0 Å². The maximum Gasteiger partial charge on any atom is 0.165 e. The molecule has 4 heteroatoms. The summed E-state index contributed by atoms with van der Waals surface area (Å²) in [6, 6.07) is 7.02. The number of rotatable bonds is 4. The molecule has 0 unspecified atom stereocenters. The number of hydrogen-bond acceptors (Lipinski definition) is 3. The molecule has 2 nitrogen and oxygen atoms in total. The number of hydrogen-bond donors (Lipinski definition) is 1. The van der Waals surface area contributed by atoms with E-state index in [1.165, 1.54) is 5.56 Å². The Morgan fingerprint density at radius 1 is 1.35 bits per heavy atom. The first-order chi connectivity index (χ1) is 8.16. The molecule has 1 heterocycles. The minimum atomic E-state index is 0.0605. The van der Waals surface area contributed by atoms with Crippen LogP contribution in [-0.2, 0) is 6.42 Å².